The average molecular weight is 363 g/mol. The van der Waals surface area contributed by atoms with E-state index in [1.165, 1.54) is 37.5 Å². The summed E-state index contributed by atoms with van der Waals surface area (Å²) in [6, 6.07) is 4.15. The van der Waals surface area contributed by atoms with Gasteiger partial charge in [-0.25, -0.2) is 0 Å². The molecule has 2 atom stereocenters. The van der Waals surface area contributed by atoms with Crippen LogP contribution in [0.3, 0.4) is 0 Å². The van der Waals surface area contributed by atoms with Crippen molar-refractivity contribution in [3.8, 4) is 17.1 Å². The maximum Gasteiger partial charge on any atom is 0.396 e. The summed E-state index contributed by atoms with van der Waals surface area (Å²) in [4.78, 5) is 19.6. The fourth-order valence-electron chi connectivity index (χ4n) is 3.75. The summed E-state index contributed by atoms with van der Waals surface area (Å²) in [7, 11) is 1.47. The Morgan fingerprint density at radius 1 is 1.40 bits per heavy atom. The van der Waals surface area contributed by atoms with Crippen LogP contribution in [-0.2, 0) is 0 Å². The number of rotatable bonds is 5. The van der Waals surface area contributed by atoms with Gasteiger partial charge in [0.1, 0.15) is 6.20 Å². The van der Waals surface area contributed by atoms with Gasteiger partial charge in [0.25, 0.3) is 5.91 Å². The number of hydrogen-bond donors (Lipinski definition) is 1. The lowest BCUT2D eigenvalue weighted by Crippen LogP contribution is -2.62. The van der Waals surface area contributed by atoms with Gasteiger partial charge < -0.3 is 19.2 Å². The van der Waals surface area contributed by atoms with Gasteiger partial charge in [-0.15, -0.1) is 0 Å². The number of oxazole rings is 1. The molecule has 3 fully saturated rings. The molecule has 5 rings (SSSR count). The van der Waals surface area contributed by atoms with Crippen molar-refractivity contribution >= 4 is 17.2 Å². The lowest BCUT2D eigenvalue weighted by molar-refractivity contribution is 0.0218. The van der Waals surface area contributed by atoms with Crippen LogP contribution in [0.2, 0.25) is 0 Å². The number of nitrogens with one attached hydrogen (secondary N) is 1. The number of nitrogens with zero attached hydrogens (tertiary/aromatic N) is 2. The van der Waals surface area contributed by atoms with Crippen molar-refractivity contribution in [1.82, 2.24) is 15.2 Å². The third-order valence-electron chi connectivity index (χ3n) is 5.12. The topological polar surface area (TPSA) is 76.8 Å². The molecule has 0 spiro atoms. The molecule has 0 radical (unpaired) electrons. The van der Waals surface area contributed by atoms with Crippen LogP contribution in [0.15, 0.2) is 22.7 Å². The predicted octanol–water partition coefficient (Wildman–Crippen LogP) is 2.75. The molecule has 2 unspecified atom stereocenters. The summed E-state index contributed by atoms with van der Waals surface area (Å²) < 4.78 is 15.7. The number of piperidine rings is 3. The van der Waals surface area contributed by atoms with Crippen molar-refractivity contribution in [3.63, 3.8) is 0 Å². The Morgan fingerprint density at radius 2 is 2.20 bits per heavy atom. The van der Waals surface area contributed by atoms with E-state index in [9.17, 15) is 4.79 Å². The first kappa shape index (κ1) is 16.4. The molecule has 0 aromatic carbocycles. The Morgan fingerprint density at radius 3 is 2.88 bits per heavy atom. The first-order chi connectivity index (χ1) is 12.1. The second kappa shape index (κ2) is 6.68. The van der Waals surface area contributed by atoms with Gasteiger partial charge in [-0.05, 0) is 50.9 Å². The Labute approximate surface area is 149 Å². The fourth-order valence-corrected chi connectivity index (χ4v) is 4.51. The van der Waals surface area contributed by atoms with Crippen LogP contribution in [-0.4, -0.2) is 48.1 Å². The van der Waals surface area contributed by atoms with Gasteiger partial charge in [0.15, 0.2) is 5.06 Å². The highest BCUT2D eigenvalue weighted by Crippen LogP contribution is 2.34. The molecule has 3 aliphatic heterocycles. The van der Waals surface area contributed by atoms with Crippen molar-refractivity contribution in [3.05, 3.63) is 23.2 Å². The number of hydrogen-bond acceptors (Lipinski definition) is 7. The van der Waals surface area contributed by atoms with E-state index in [0.29, 0.717) is 21.9 Å². The summed E-state index contributed by atoms with van der Waals surface area (Å²) >= 11 is 1.29. The molecule has 2 bridgehead atoms. The number of fused-ring (bicyclic) bond motifs is 3. The Kier molecular flexibility index (Phi) is 4.39. The minimum absolute atomic E-state index is 0.0411. The third-order valence-corrected chi connectivity index (χ3v) is 6.08. The molecule has 8 heteroatoms. The smallest absolute Gasteiger partial charge is 0.396 e. The fraction of sp³-hybridized carbons (Fsp3) is 0.529. The molecular weight excluding hydrogens is 342 g/mol. The highest BCUT2D eigenvalue weighted by atomic mass is 32.1. The number of carbonyl (C=O) groups is 1. The lowest BCUT2D eigenvalue weighted by atomic mass is 9.79. The van der Waals surface area contributed by atoms with Gasteiger partial charge in [-0.1, -0.05) is 11.3 Å². The van der Waals surface area contributed by atoms with Gasteiger partial charge in [0.2, 0.25) is 0 Å². The molecule has 25 heavy (non-hydrogen) atoms. The van der Waals surface area contributed by atoms with E-state index in [-0.39, 0.29) is 24.0 Å². The van der Waals surface area contributed by atoms with E-state index in [4.69, 9.17) is 13.9 Å². The zero-order chi connectivity index (χ0) is 17.4. The van der Waals surface area contributed by atoms with Crippen LogP contribution in [0.25, 0.3) is 0 Å². The zero-order valence-electron chi connectivity index (χ0n) is 14.2. The highest BCUT2D eigenvalue weighted by molar-refractivity contribution is 7.15. The molecule has 3 saturated heterocycles. The molecule has 3 aliphatic rings. The van der Waals surface area contributed by atoms with Crippen LogP contribution in [0.1, 0.15) is 29.4 Å². The number of methoxy groups -OCH3 is 1. The van der Waals surface area contributed by atoms with E-state index in [1.807, 2.05) is 0 Å². The normalized spacial score (nSPS) is 27.9. The molecule has 1 amide bonds. The van der Waals surface area contributed by atoms with E-state index >= 15 is 0 Å². The van der Waals surface area contributed by atoms with E-state index in [2.05, 4.69) is 22.1 Å². The van der Waals surface area contributed by atoms with Gasteiger partial charge in [0.05, 0.1) is 12.0 Å². The summed E-state index contributed by atoms with van der Waals surface area (Å²) in [5.41, 5.74) is 0. The van der Waals surface area contributed by atoms with Crippen LogP contribution >= 0.6 is 11.3 Å². The summed E-state index contributed by atoms with van der Waals surface area (Å²) in [5.74, 6) is 0.776. The molecule has 2 aromatic heterocycles. The van der Waals surface area contributed by atoms with E-state index in [0.717, 1.165) is 13.1 Å². The van der Waals surface area contributed by atoms with Crippen molar-refractivity contribution in [2.75, 3.05) is 20.2 Å². The number of amides is 1. The van der Waals surface area contributed by atoms with E-state index < -0.39 is 0 Å². The van der Waals surface area contributed by atoms with Crippen molar-refractivity contribution in [1.29, 1.82) is 0 Å². The SMILES string of the molecule is COc1ncc(Oc2ccc(C(=O)NC3C4CCN(CC4)C3C)s2)o1. The monoisotopic (exact) mass is 363 g/mol. The van der Waals surface area contributed by atoms with Crippen molar-refractivity contribution < 1.29 is 18.7 Å². The van der Waals surface area contributed by atoms with Crippen LogP contribution in [0.4, 0.5) is 0 Å². The van der Waals surface area contributed by atoms with Crippen LogP contribution in [0, 0.1) is 5.92 Å². The first-order valence-corrected chi connectivity index (χ1v) is 9.28. The average Bonchev–Trinajstić information content (AvgIpc) is 3.28. The quantitative estimate of drug-likeness (QED) is 0.880. The van der Waals surface area contributed by atoms with Gasteiger partial charge in [-0.2, -0.15) is 4.98 Å². The molecule has 7 nitrogen and oxygen atoms in total. The Balaban J connectivity index is 1.40. The van der Waals surface area contributed by atoms with Crippen molar-refractivity contribution in [2.45, 2.75) is 31.8 Å². The Bertz CT molecular complexity index is 749. The zero-order valence-corrected chi connectivity index (χ0v) is 15.0. The number of aromatic nitrogens is 1. The maximum atomic E-state index is 12.6. The van der Waals surface area contributed by atoms with Gasteiger partial charge >= 0.3 is 12.0 Å². The largest absolute Gasteiger partial charge is 0.453 e. The van der Waals surface area contributed by atoms with Crippen LogP contribution in [0.5, 0.6) is 17.1 Å². The maximum absolute atomic E-state index is 12.6. The summed E-state index contributed by atoms with van der Waals surface area (Å²) in [6.45, 7) is 4.50. The summed E-state index contributed by atoms with van der Waals surface area (Å²) in [6.07, 6.45) is 3.91. The molecule has 5 heterocycles. The third kappa shape index (κ3) is 3.23. The predicted molar refractivity (Wildman–Crippen MR) is 92.5 cm³/mol. The summed E-state index contributed by atoms with van der Waals surface area (Å²) in [5, 5.41) is 3.80. The minimum atomic E-state index is -0.0411. The van der Waals surface area contributed by atoms with Gasteiger partial charge in [-0.3, -0.25) is 9.69 Å². The lowest BCUT2D eigenvalue weighted by Gasteiger charge is -2.49. The minimum Gasteiger partial charge on any atom is -0.453 e. The second-order valence-electron chi connectivity index (χ2n) is 6.48. The van der Waals surface area contributed by atoms with E-state index in [1.54, 1.807) is 12.1 Å². The molecule has 2 aromatic rings. The number of carbonyl (C=O) groups excluding carboxylic acids is 1. The molecule has 1 N–H and O–H groups in total. The molecule has 0 aliphatic carbocycles. The Hall–Kier alpha value is -2.06. The standard InChI is InChI=1S/C17H21N3O4S/c1-10-15(11-5-7-20(10)8-6-11)19-16(21)12-3-4-14(25-12)23-13-9-18-17(22-2)24-13/h3-4,9-11,15H,5-8H2,1-2H3,(H,19,21). The first-order valence-electron chi connectivity index (χ1n) is 8.46. The molecular formula is C17H21N3O4S. The van der Waals surface area contributed by atoms with Gasteiger partial charge in [0, 0.05) is 12.1 Å². The molecule has 134 valence electrons. The van der Waals surface area contributed by atoms with Crippen molar-refractivity contribution in [2.24, 2.45) is 5.92 Å². The molecule has 0 saturated carbocycles. The highest BCUT2D eigenvalue weighted by Gasteiger charge is 2.40. The number of ether oxygens (including phenoxy) is 2. The second-order valence-corrected chi connectivity index (χ2v) is 7.53. The number of thiophene rings is 1. The van der Waals surface area contributed by atoms with Crippen LogP contribution < -0.4 is 14.8 Å².